The van der Waals surface area contributed by atoms with Crippen LogP contribution in [0.3, 0.4) is 0 Å². The van der Waals surface area contributed by atoms with E-state index in [1.165, 1.54) is 19.4 Å². The average Bonchev–Trinajstić information content (AvgIpc) is 2.98. The molecular formula is C16H26N6. The largest absolute Gasteiger partial charge is 0.338 e. The summed E-state index contributed by atoms with van der Waals surface area (Å²) in [4.78, 5) is 13.5. The third kappa shape index (κ3) is 3.96. The number of rotatable bonds is 6. The van der Waals surface area contributed by atoms with Gasteiger partial charge < -0.3 is 9.91 Å². The zero-order valence-corrected chi connectivity index (χ0v) is 13.4. The van der Waals surface area contributed by atoms with E-state index in [9.17, 15) is 0 Å². The Hall–Kier alpha value is -1.66. The van der Waals surface area contributed by atoms with Crippen molar-refractivity contribution in [3.05, 3.63) is 30.7 Å². The molecule has 2 aliphatic heterocycles. The van der Waals surface area contributed by atoms with Gasteiger partial charge in [0.25, 0.3) is 0 Å². The molecule has 2 aliphatic rings. The van der Waals surface area contributed by atoms with Crippen molar-refractivity contribution in [3.8, 4) is 0 Å². The van der Waals surface area contributed by atoms with Gasteiger partial charge in [-0.25, -0.2) is 15.0 Å². The third-order valence-electron chi connectivity index (χ3n) is 4.40. The van der Waals surface area contributed by atoms with Crippen molar-refractivity contribution in [2.24, 2.45) is 0 Å². The van der Waals surface area contributed by atoms with Crippen molar-refractivity contribution in [1.29, 1.82) is 0 Å². The molecule has 0 aromatic carbocycles. The predicted octanol–water partition coefficient (Wildman–Crippen LogP) is 1.05. The van der Waals surface area contributed by atoms with Crippen LogP contribution in [0.2, 0.25) is 0 Å². The van der Waals surface area contributed by atoms with Crippen LogP contribution in [0.25, 0.3) is 0 Å². The Labute approximate surface area is 133 Å². The molecule has 0 radical (unpaired) electrons. The van der Waals surface area contributed by atoms with Gasteiger partial charge >= 0.3 is 0 Å². The summed E-state index contributed by atoms with van der Waals surface area (Å²) < 4.78 is 0. The van der Waals surface area contributed by atoms with Gasteiger partial charge in [-0.1, -0.05) is 6.08 Å². The number of nitrogens with zero attached hydrogens (tertiary/aromatic N) is 6. The van der Waals surface area contributed by atoms with Crippen molar-refractivity contribution in [3.63, 3.8) is 0 Å². The molecule has 1 aromatic heterocycles. The maximum atomic E-state index is 4.33. The van der Waals surface area contributed by atoms with Crippen molar-refractivity contribution >= 4 is 5.95 Å². The molecule has 0 atom stereocenters. The number of hydrazine groups is 1. The van der Waals surface area contributed by atoms with Gasteiger partial charge in [0.2, 0.25) is 5.95 Å². The Morgan fingerprint density at radius 3 is 2.41 bits per heavy atom. The van der Waals surface area contributed by atoms with Crippen molar-refractivity contribution in [2.45, 2.75) is 12.8 Å². The highest BCUT2D eigenvalue weighted by molar-refractivity contribution is 5.29. The first-order chi connectivity index (χ1) is 10.8. The van der Waals surface area contributed by atoms with Crippen molar-refractivity contribution in [2.75, 3.05) is 57.8 Å². The standard InChI is InChI=1S/C16H26N6/c1-19-8-5-11-22(19)10-3-2-9-20-12-14-21(15-13-20)16-17-6-4-7-18-16/h4-7,11H,2-3,8-10,12-15H2,1H3. The van der Waals surface area contributed by atoms with Gasteiger partial charge in [-0.05, 0) is 25.5 Å². The van der Waals surface area contributed by atoms with Crippen LogP contribution in [0.15, 0.2) is 30.7 Å². The molecule has 1 saturated heterocycles. The minimum absolute atomic E-state index is 0.867. The van der Waals surface area contributed by atoms with E-state index in [1.807, 2.05) is 18.5 Å². The fourth-order valence-corrected chi connectivity index (χ4v) is 3.02. The van der Waals surface area contributed by atoms with E-state index in [0.717, 1.165) is 45.2 Å². The normalized spacial score (nSPS) is 20.0. The maximum absolute atomic E-state index is 4.33. The number of piperazine rings is 1. The highest BCUT2D eigenvalue weighted by Crippen LogP contribution is 2.11. The second-order valence-corrected chi connectivity index (χ2v) is 5.97. The summed E-state index contributed by atoms with van der Waals surface area (Å²) in [5.74, 6) is 0.867. The number of anilines is 1. The first kappa shape index (κ1) is 15.2. The summed E-state index contributed by atoms with van der Waals surface area (Å²) in [6.45, 7) is 7.66. The van der Waals surface area contributed by atoms with E-state index in [1.54, 1.807) is 0 Å². The SMILES string of the molecule is CN1CC=CN1CCCCN1CCN(c2ncccn2)CC1. The number of unbranched alkanes of at least 4 members (excludes halogenated alkanes) is 1. The minimum atomic E-state index is 0.867. The van der Waals surface area contributed by atoms with Gasteiger partial charge in [-0.15, -0.1) is 0 Å². The van der Waals surface area contributed by atoms with Crippen LogP contribution in [-0.4, -0.2) is 77.7 Å². The Kier molecular flexibility index (Phi) is 5.24. The highest BCUT2D eigenvalue weighted by Gasteiger charge is 2.18. The molecule has 0 aliphatic carbocycles. The molecule has 0 amide bonds. The summed E-state index contributed by atoms with van der Waals surface area (Å²) in [5.41, 5.74) is 0. The molecule has 6 nitrogen and oxygen atoms in total. The van der Waals surface area contributed by atoms with E-state index in [2.05, 4.69) is 49.1 Å². The van der Waals surface area contributed by atoms with Gasteiger partial charge in [-0.2, -0.15) is 0 Å². The van der Waals surface area contributed by atoms with Gasteiger partial charge in [0.05, 0.1) is 0 Å². The van der Waals surface area contributed by atoms with E-state index >= 15 is 0 Å². The minimum Gasteiger partial charge on any atom is -0.338 e. The van der Waals surface area contributed by atoms with Crippen molar-refractivity contribution < 1.29 is 0 Å². The molecule has 3 rings (SSSR count). The predicted molar refractivity (Wildman–Crippen MR) is 88.4 cm³/mol. The lowest BCUT2D eigenvalue weighted by molar-refractivity contribution is 0.0808. The van der Waals surface area contributed by atoms with Gasteiger partial charge in [0.1, 0.15) is 0 Å². The quantitative estimate of drug-likeness (QED) is 0.732. The molecule has 120 valence electrons. The van der Waals surface area contributed by atoms with Crippen LogP contribution >= 0.6 is 0 Å². The molecule has 0 bridgehead atoms. The first-order valence-electron chi connectivity index (χ1n) is 8.21. The summed E-state index contributed by atoms with van der Waals surface area (Å²) in [5, 5.41) is 4.57. The maximum Gasteiger partial charge on any atom is 0.225 e. The molecule has 1 aromatic rings. The van der Waals surface area contributed by atoms with E-state index in [4.69, 9.17) is 0 Å². The average molecular weight is 302 g/mol. The fraction of sp³-hybridized carbons (Fsp3) is 0.625. The summed E-state index contributed by atoms with van der Waals surface area (Å²) in [6, 6.07) is 1.87. The zero-order chi connectivity index (χ0) is 15.2. The van der Waals surface area contributed by atoms with Gasteiger partial charge in [0, 0.05) is 64.9 Å². The molecule has 0 saturated carbocycles. The molecule has 1 fully saturated rings. The van der Waals surface area contributed by atoms with Crippen LogP contribution in [0.4, 0.5) is 5.95 Å². The fourth-order valence-electron chi connectivity index (χ4n) is 3.02. The smallest absolute Gasteiger partial charge is 0.225 e. The highest BCUT2D eigenvalue weighted by atomic mass is 15.6. The number of likely N-dealkylation sites (N-methyl/N-ethyl adjacent to an activating group) is 1. The Balaban J connectivity index is 1.32. The van der Waals surface area contributed by atoms with E-state index in [-0.39, 0.29) is 0 Å². The Morgan fingerprint density at radius 2 is 1.73 bits per heavy atom. The zero-order valence-electron chi connectivity index (χ0n) is 13.4. The van der Waals surface area contributed by atoms with Crippen LogP contribution in [-0.2, 0) is 0 Å². The van der Waals surface area contributed by atoms with Crippen LogP contribution in [0.1, 0.15) is 12.8 Å². The Bertz CT molecular complexity index is 469. The molecular weight excluding hydrogens is 276 g/mol. The second-order valence-electron chi connectivity index (χ2n) is 5.97. The monoisotopic (exact) mass is 302 g/mol. The van der Waals surface area contributed by atoms with Gasteiger partial charge in [-0.3, -0.25) is 4.90 Å². The lowest BCUT2D eigenvalue weighted by Crippen LogP contribution is -2.47. The van der Waals surface area contributed by atoms with Crippen LogP contribution in [0, 0.1) is 0 Å². The molecule has 3 heterocycles. The van der Waals surface area contributed by atoms with Crippen LogP contribution < -0.4 is 4.90 Å². The first-order valence-corrected chi connectivity index (χ1v) is 8.21. The number of hydrogen-bond acceptors (Lipinski definition) is 6. The lowest BCUT2D eigenvalue weighted by Gasteiger charge is -2.34. The summed E-state index contributed by atoms with van der Waals surface area (Å²) in [6.07, 6.45) is 10.6. The molecule has 22 heavy (non-hydrogen) atoms. The molecule has 0 unspecified atom stereocenters. The van der Waals surface area contributed by atoms with E-state index < -0.39 is 0 Å². The molecule has 0 spiro atoms. The summed E-state index contributed by atoms with van der Waals surface area (Å²) in [7, 11) is 2.14. The van der Waals surface area contributed by atoms with Crippen LogP contribution in [0.5, 0.6) is 0 Å². The van der Waals surface area contributed by atoms with E-state index in [0.29, 0.717) is 0 Å². The third-order valence-corrected chi connectivity index (χ3v) is 4.40. The molecule has 6 heteroatoms. The van der Waals surface area contributed by atoms with Crippen molar-refractivity contribution in [1.82, 2.24) is 24.9 Å². The topological polar surface area (TPSA) is 38.7 Å². The Morgan fingerprint density at radius 1 is 1.00 bits per heavy atom. The number of hydrogen-bond donors (Lipinski definition) is 0. The summed E-state index contributed by atoms with van der Waals surface area (Å²) >= 11 is 0. The second kappa shape index (κ2) is 7.56. The van der Waals surface area contributed by atoms with Gasteiger partial charge in [0.15, 0.2) is 0 Å². The lowest BCUT2D eigenvalue weighted by atomic mass is 10.2. The number of aromatic nitrogens is 2. The molecule has 0 N–H and O–H groups in total.